The first-order valence-electron chi connectivity index (χ1n) is 6.63. The minimum Gasteiger partial charge on any atom is -0.460 e. The normalized spacial score (nSPS) is 31.3. The predicted molar refractivity (Wildman–Crippen MR) is 67.6 cm³/mol. The van der Waals surface area contributed by atoms with Crippen molar-refractivity contribution < 1.29 is 14.6 Å². The molecule has 100 valence electrons. The molecule has 3 heteroatoms. The van der Waals surface area contributed by atoms with E-state index in [-0.39, 0.29) is 5.97 Å². The molecular weight excluding hydrogens is 216 g/mol. The Labute approximate surface area is 105 Å². The number of aliphatic hydroxyl groups is 1. The fourth-order valence-corrected chi connectivity index (χ4v) is 2.51. The summed E-state index contributed by atoms with van der Waals surface area (Å²) in [7, 11) is 0. The fourth-order valence-electron chi connectivity index (χ4n) is 2.51. The van der Waals surface area contributed by atoms with Crippen molar-refractivity contribution in [1.29, 1.82) is 0 Å². The Kier molecular flexibility index (Phi) is 4.23. The number of carbonyl (C=O) groups is 1. The zero-order chi connectivity index (χ0) is 13.3. The molecule has 0 aromatic carbocycles. The zero-order valence-electron chi connectivity index (χ0n) is 11.7. The summed E-state index contributed by atoms with van der Waals surface area (Å²) >= 11 is 0. The van der Waals surface area contributed by atoms with E-state index in [1.54, 1.807) is 6.92 Å². The largest absolute Gasteiger partial charge is 0.460 e. The Bertz CT molecular complexity index is 280. The van der Waals surface area contributed by atoms with Gasteiger partial charge in [-0.3, -0.25) is 4.79 Å². The van der Waals surface area contributed by atoms with Crippen LogP contribution in [0.3, 0.4) is 0 Å². The topological polar surface area (TPSA) is 46.5 Å². The lowest BCUT2D eigenvalue weighted by Crippen LogP contribution is -2.41. The van der Waals surface area contributed by atoms with Gasteiger partial charge >= 0.3 is 5.97 Å². The molecule has 3 unspecified atom stereocenters. The van der Waals surface area contributed by atoms with E-state index in [2.05, 4.69) is 6.92 Å². The number of esters is 1. The summed E-state index contributed by atoms with van der Waals surface area (Å²) in [5.41, 5.74) is -1.34. The highest BCUT2D eigenvalue weighted by molar-refractivity contribution is 5.74. The maximum atomic E-state index is 12.0. The number of rotatable bonds is 3. The van der Waals surface area contributed by atoms with E-state index < -0.39 is 17.1 Å². The lowest BCUT2D eigenvalue weighted by molar-refractivity contribution is -0.168. The molecule has 0 bridgehead atoms. The molecule has 3 atom stereocenters. The summed E-state index contributed by atoms with van der Waals surface area (Å²) in [5, 5.41) is 10.5. The van der Waals surface area contributed by atoms with Crippen LogP contribution in [-0.4, -0.2) is 22.3 Å². The SMILES string of the molecule is CCC1CCC(O)(C(C)C(=O)OC(C)(C)C)C1. The molecule has 0 aliphatic heterocycles. The van der Waals surface area contributed by atoms with Crippen LogP contribution in [0.25, 0.3) is 0 Å². The van der Waals surface area contributed by atoms with Crippen LogP contribution in [0.2, 0.25) is 0 Å². The molecule has 1 fully saturated rings. The van der Waals surface area contributed by atoms with Crippen molar-refractivity contribution in [3.8, 4) is 0 Å². The van der Waals surface area contributed by atoms with E-state index in [0.717, 1.165) is 19.3 Å². The van der Waals surface area contributed by atoms with Crippen LogP contribution < -0.4 is 0 Å². The minimum atomic E-state index is -0.858. The van der Waals surface area contributed by atoms with Gasteiger partial charge in [0.15, 0.2) is 0 Å². The molecule has 0 aromatic heterocycles. The van der Waals surface area contributed by atoms with Crippen LogP contribution in [0.15, 0.2) is 0 Å². The molecule has 3 nitrogen and oxygen atoms in total. The first kappa shape index (κ1) is 14.5. The molecule has 0 aromatic rings. The van der Waals surface area contributed by atoms with Crippen molar-refractivity contribution >= 4 is 5.97 Å². The van der Waals surface area contributed by atoms with Crippen LogP contribution >= 0.6 is 0 Å². The first-order valence-corrected chi connectivity index (χ1v) is 6.63. The molecule has 0 heterocycles. The lowest BCUT2D eigenvalue weighted by Gasteiger charge is -2.31. The second kappa shape index (κ2) is 4.97. The molecule has 0 spiro atoms. The van der Waals surface area contributed by atoms with E-state index in [9.17, 15) is 9.90 Å². The second-order valence-electron chi connectivity index (χ2n) is 6.38. The molecule has 1 aliphatic carbocycles. The molecule has 0 radical (unpaired) electrons. The van der Waals surface area contributed by atoms with Crippen molar-refractivity contribution in [2.75, 3.05) is 0 Å². The Hall–Kier alpha value is -0.570. The average molecular weight is 242 g/mol. The Morgan fingerprint density at radius 3 is 2.53 bits per heavy atom. The van der Waals surface area contributed by atoms with Gasteiger partial charge in [0.05, 0.1) is 11.5 Å². The fraction of sp³-hybridized carbons (Fsp3) is 0.929. The van der Waals surface area contributed by atoms with Crippen LogP contribution in [0.5, 0.6) is 0 Å². The molecule has 0 saturated heterocycles. The highest BCUT2D eigenvalue weighted by atomic mass is 16.6. The number of ether oxygens (including phenoxy) is 1. The van der Waals surface area contributed by atoms with Crippen LogP contribution in [-0.2, 0) is 9.53 Å². The van der Waals surface area contributed by atoms with Gasteiger partial charge < -0.3 is 9.84 Å². The van der Waals surface area contributed by atoms with Gasteiger partial charge in [0.1, 0.15) is 5.60 Å². The van der Waals surface area contributed by atoms with Crippen molar-refractivity contribution in [3.05, 3.63) is 0 Å². The molecule has 1 aliphatic rings. The number of carbonyl (C=O) groups excluding carboxylic acids is 1. The van der Waals surface area contributed by atoms with Crippen LogP contribution in [0.1, 0.15) is 60.3 Å². The highest BCUT2D eigenvalue weighted by Crippen LogP contribution is 2.41. The van der Waals surface area contributed by atoms with Gasteiger partial charge in [-0.05, 0) is 52.9 Å². The maximum absolute atomic E-state index is 12.0. The summed E-state index contributed by atoms with van der Waals surface area (Å²) < 4.78 is 5.35. The molecule has 17 heavy (non-hydrogen) atoms. The molecule has 1 saturated carbocycles. The third-order valence-corrected chi connectivity index (χ3v) is 3.77. The van der Waals surface area contributed by atoms with Crippen molar-refractivity contribution in [3.63, 3.8) is 0 Å². The van der Waals surface area contributed by atoms with Gasteiger partial charge in [0.2, 0.25) is 0 Å². The molecule has 1 N–H and O–H groups in total. The monoisotopic (exact) mass is 242 g/mol. The van der Waals surface area contributed by atoms with E-state index in [4.69, 9.17) is 4.74 Å². The van der Waals surface area contributed by atoms with Gasteiger partial charge in [-0.1, -0.05) is 13.3 Å². The predicted octanol–water partition coefficient (Wildman–Crippen LogP) is 2.91. The quantitative estimate of drug-likeness (QED) is 0.774. The summed E-state index contributed by atoms with van der Waals surface area (Å²) in [6.45, 7) is 9.47. The Morgan fingerprint density at radius 1 is 1.53 bits per heavy atom. The maximum Gasteiger partial charge on any atom is 0.312 e. The van der Waals surface area contributed by atoms with Crippen molar-refractivity contribution in [1.82, 2.24) is 0 Å². The van der Waals surface area contributed by atoms with Gasteiger partial charge in [-0.2, -0.15) is 0 Å². The average Bonchev–Trinajstić information content (AvgIpc) is 2.58. The smallest absolute Gasteiger partial charge is 0.312 e. The summed E-state index contributed by atoms with van der Waals surface area (Å²) in [6, 6.07) is 0. The number of hydrogen-bond acceptors (Lipinski definition) is 3. The van der Waals surface area contributed by atoms with Crippen LogP contribution in [0, 0.1) is 11.8 Å². The number of hydrogen-bond donors (Lipinski definition) is 1. The highest BCUT2D eigenvalue weighted by Gasteiger charge is 2.45. The van der Waals surface area contributed by atoms with E-state index in [1.807, 2.05) is 20.8 Å². The summed E-state index contributed by atoms with van der Waals surface area (Å²) in [5.74, 6) is -0.167. The van der Waals surface area contributed by atoms with Gasteiger partial charge in [-0.15, -0.1) is 0 Å². The van der Waals surface area contributed by atoms with Gasteiger partial charge in [0.25, 0.3) is 0 Å². The third kappa shape index (κ3) is 3.70. The Morgan fingerprint density at radius 2 is 2.12 bits per heavy atom. The second-order valence-corrected chi connectivity index (χ2v) is 6.38. The standard InChI is InChI=1S/C14H26O3/c1-6-11-7-8-14(16,9-11)10(2)12(15)17-13(3,4)5/h10-11,16H,6-9H2,1-5H3. The van der Waals surface area contributed by atoms with E-state index in [0.29, 0.717) is 12.3 Å². The van der Waals surface area contributed by atoms with Gasteiger partial charge in [-0.25, -0.2) is 0 Å². The summed E-state index contributed by atoms with van der Waals surface area (Å²) in [6.07, 6.45) is 3.53. The lowest BCUT2D eigenvalue weighted by atomic mass is 9.86. The van der Waals surface area contributed by atoms with Gasteiger partial charge in [0, 0.05) is 0 Å². The van der Waals surface area contributed by atoms with Crippen LogP contribution in [0.4, 0.5) is 0 Å². The Balaban J connectivity index is 2.63. The first-order chi connectivity index (χ1) is 7.68. The van der Waals surface area contributed by atoms with E-state index in [1.165, 1.54) is 0 Å². The zero-order valence-corrected chi connectivity index (χ0v) is 11.7. The van der Waals surface area contributed by atoms with E-state index >= 15 is 0 Å². The minimum absolute atomic E-state index is 0.281. The molecule has 1 rings (SSSR count). The molecular formula is C14H26O3. The van der Waals surface area contributed by atoms with Crippen molar-refractivity contribution in [2.24, 2.45) is 11.8 Å². The van der Waals surface area contributed by atoms with Crippen molar-refractivity contribution in [2.45, 2.75) is 71.5 Å². The summed E-state index contributed by atoms with van der Waals surface area (Å²) in [4.78, 5) is 12.0. The third-order valence-electron chi connectivity index (χ3n) is 3.77. The molecule has 0 amide bonds.